The SMILES string of the molecule is Cc1ccc(Cl)c(CO)c1Br. The van der Waals surface area contributed by atoms with Crippen LogP contribution in [0.2, 0.25) is 5.02 Å². The van der Waals surface area contributed by atoms with Crippen LogP contribution in [-0.2, 0) is 6.61 Å². The van der Waals surface area contributed by atoms with Gasteiger partial charge in [0.15, 0.2) is 0 Å². The van der Waals surface area contributed by atoms with Crippen molar-refractivity contribution in [2.75, 3.05) is 0 Å². The second-order valence-electron chi connectivity index (χ2n) is 2.31. The third-order valence-electron chi connectivity index (χ3n) is 1.54. The molecule has 0 aromatic heterocycles. The van der Waals surface area contributed by atoms with Crippen LogP contribution < -0.4 is 0 Å². The molecule has 0 atom stereocenters. The van der Waals surface area contributed by atoms with Crippen LogP contribution in [0.4, 0.5) is 0 Å². The summed E-state index contributed by atoms with van der Waals surface area (Å²) in [6, 6.07) is 3.69. The zero-order valence-corrected chi connectivity index (χ0v) is 8.41. The van der Waals surface area contributed by atoms with Crippen molar-refractivity contribution in [3.63, 3.8) is 0 Å². The number of halogens is 2. The molecule has 0 saturated heterocycles. The Balaban J connectivity index is 3.29. The number of benzene rings is 1. The number of aliphatic hydroxyl groups excluding tert-OH is 1. The summed E-state index contributed by atoms with van der Waals surface area (Å²) in [6.45, 7) is 1.93. The molecule has 0 aliphatic rings. The molecule has 60 valence electrons. The first kappa shape index (κ1) is 9.04. The molecular weight excluding hydrogens is 227 g/mol. The second kappa shape index (κ2) is 3.57. The minimum Gasteiger partial charge on any atom is -0.392 e. The maximum Gasteiger partial charge on any atom is 0.0707 e. The molecule has 0 aliphatic heterocycles. The molecule has 3 heteroatoms. The lowest BCUT2D eigenvalue weighted by Gasteiger charge is -2.05. The molecule has 1 aromatic rings. The second-order valence-corrected chi connectivity index (χ2v) is 3.52. The molecule has 0 heterocycles. The Bertz CT molecular complexity index is 273. The number of aryl methyl sites for hydroxylation is 1. The van der Waals surface area contributed by atoms with Crippen molar-refractivity contribution in [3.05, 3.63) is 32.8 Å². The van der Waals surface area contributed by atoms with Gasteiger partial charge in [-0.25, -0.2) is 0 Å². The van der Waals surface area contributed by atoms with Gasteiger partial charge in [-0.05, 0) is 18.6 Å². The average Bonchev–Trinajstić information content (AvgIpc) is 1.99. The summed E-state index contributed by atoms with van der Waals surface area (Å²) in [5, 5.41) is 9.51. The summed E-state index contributed by atoms with van der Waals surface area (Å²) in [5.41, 5.74) is 1.84. The van der Waals surface area contributed by atoms with Gasteiger partial charge in [-0.3, -0.25) is 0 Å². The Hall–Kier alpha value is -0.0500. The molecular formula is C8H8BrClO. The van der Waals surface area contributed by atoms with Gasteiger partial charge in [0.2, 0.25) is 0 Å². The molecule has 0 saturated carbocycles. The summed E-state index contributed by atoms with van der Waals surface area (Å²) >= 11 is 9.16. The van der Waals surface area contributed by atoms with Crippen molar-refractivity contribution in [1.29, 1.82) is 0 Å². The van der Waals surface area contributed by atoms with Crippen LogP contribution in [0, 0.1) is 6.92 Å². The van der Waals surface area contributed by atoms with Crippen molar-refractivity contribution >= 4 is 27.5 Å². The Labute approximate surface area is 79.1 Å². The van der Waals surface area contributed by atoms with Crippen molar-refractivity contribution in [3.8, 4) is 0 Å². The number of hydrogen-bond donors (Lipinski definition) is 1. The van der Waals surface area contributed by atoms with Crippen LogP contribution in [-0.4, -0.2) is 5.11 Å². The lowest BCUT2D eigenvalue weighted by molar-refractivity contribution is 0.281. The third kappa shape index (κ3) is 1.75. The highest BCUT2D eigenvalue weighted by atomic mass is 79.9. The van der Waals surface area contributed by atoms with Crippen molar-refractivity contribution in [1.82, 2.24) is 0 Å². The third-order valence-corrected chi connectivity index (χ3v) is 3.00. The standard InChI is InChI=1S/C8H8BrClO/c1-5-2-3-7(10)6(4-11)8(5)9/h2-3,11H,4H2,1H3. The molecule has 0 amide bonds. The Morgan fingerprint density at radius 3 is 2.64 bits per heavy atom. The van der Waals surface area contributed by atoms with Crippen LogP contribution in [0.1, 0.15) is 11.1 Å². The summed E-state index contributed by atoms with van der Waals surface area (Å²) < 4.78 is 0.896. The van der Waals surface area contributed by atoms with E-state index in [0.29, 0.717) is 5.02 Å². The van der Waals surface area contributed by atoms with Gasteiger partial charge in [-0.2, -0.15) is 0 Å². The Kier molecular flexibility index (Phi) is 2.93. The van der Waals surface area contributed by atoms with E-state index in [0.717, 1.165) is 15.6 Å². The first-order chi connectivity index (χ1) is 5.16. The normalized spacial score (nSPS) is 10.2. The van der Waals surface area contributed by atoms with E-state index in [1.165, 1.54) is 0 Å². The van der Waals surface area contributed by atoms with Gasteiger partial charge in [-0.1, -0.05) is 33.6 Å². The predicted octanol–water partition coefficient (Wildman–Crippen LogP) is 2.90. The molecule has 0 radical (unpaired) electrons. The highest BCUT2D eigenvalue weighted by Crippen LogP contribution is 2.27. The Morgan fingerprint density at radius 1 is 1.55 bits per heavy atom. The quantitative estimate of drug-likeness (QED) is 0.793. The maximum absolute atomic E-state index is 8.91. The van der Waals surface area contributed by atoms with Crippen molar-refractivity contribution < 1.29 is 5.11 Å². The zero-order valence-electron chi connectivity index (χ0n) is 6.06. The van der Waals surface area contributed by atoms with E-state index < -0.39 is 0 Å². The van der Waals surface area contributed by atoms with E-state index in [9.17, 15) is 0 Å². The molecule has 1 rings (SSSR count). The highest BCUT2D eigenvalue weighted by molar-refractivity contribution is 9.10. The lowest BCUT2D eigenvalue weighted by Crippen LogP contribution is -1.89. The van der Waals surface area contributed by atoms with Gasteiger partial charge in [0, 0.05) is 15.1 Å². The highest BCUT2D eigenvalue weighted by Gasteiger charge is 2.05. The monoisotopic (exact) mass is 234 g/mol. The van der Waals surface area contributed by atoms with Gasteiger partial charge in [-0.15, -0.1) is 0 Å². The fourth-order valence-corrected chi connectivity index (χ4v) is 1.66. The topological polar surface area (TPSA) is 20.2 Å². The molecule has 1 aromatic carbocycles. The molecule has 0 aliphatic carbocycles. The van der Waals surface area contributed by atoms with Crippen LogP contribution in [0.15, 0.2) is 16.6 Å². The van der Waals surface area contributed by atoms with Crippen LogP contribution in [0.5, 0.6) is 0 Å². The average molecular weight is 236 g/mol. The van der Waals surface area contributed by atoms with E-state index in [1.54, 1.807) is 6.07 Å². The number of aliphatic hydroxyl groups is 1. The fourth-order valence-electron chi connectivity index (χ4n) is 0.860. The van der Waals surface area contributed by atoms with Gasteiger partial charge in [0.1, 0.15) is 0 Å². The summed E-state index contributed by atoms with van der Waals surface area (Å²) in [5.74, 6) is 0. The van der Waals surface area contributed by atoms with E-state index >= 15 is 0 Å². The smallest absolute Gasteiger partial charge is 0.0707 e. The van der Waals surface area contributed by atoms with E-state index in [4.69, 9.17) is 16.7 Å². The fraction of sp³-hybridized carbons (Fsp3) is 0.250. The van der Waals surface area contributed by atoms with Gasteiger partial charge < -0.3 is 5.11 Å². The van der Waals surface area contributed by atoms with Crippen LogP contribution in [0.3, 0.4) is 0 Å². The zero-order chi connectivity index (χ0) is 8.43. The predicted molar refractivity (Wildman–Crippen MR) is 49.8 cm³/mol. The van der Waals surface area contributed by atoms with Gasteiger partial charge in [0.25, 0.3) is 0 Å². The minimum absolute atomic E-state index is 0.0267. The summed E-state index contributed by atoms with van der Waals surface area (Å²) in [6.07, 6.45) is 0. The molecule has 0 fully saturated rings. The first-order valence-electron chi connectivity index (χ1n) is 3.21. The van der Waals surface area contributed by atoms with Crippen molar-refractivity contribution in [2.24, 2.45) is 0 Å². The molecule has 1 nitrogen and oxygen atoms in total. The maximum atomic E-state index is 8.91. The minimum atomic E-state index is -0.0267. The number of rotatable bonds is 1. The van der Waals surface area contributed by atoms with E-state index in [2.05, 4.69) is 15.9 Å². The van der Waals surface area contributed by atoms with Gasteiger partial charge >= 0.3 is 0 Å². The lowest BCUT2D eigenvalue weighted by atomic mass is 10.1. The Morgan fingerprint density at radius 2 is 2.18 bits per heavy atom. The summed E-state index contributed by atoms with van der Waals surface area (Å²) in [4.78, 5) is 0. The van der Waals surface area contributed by atoms with Crippen molar-refractivity contribution in [2.45, 2.75) is 13.5 Å². The molecule has 0 unspecified atom stereocenters. The van der Waals surface area contributed by atoms with E-state index in [-0.39, 0.29) is 6.61 Å². The van der Waals surface area contributed by atoms with Crippen LogP contribution in [0.25, 0.3) is 0 Å². The van der Waals surface area contributed by atoms with Gasteiger partial charge in [0.05, 0.1) is 6.61 Å². The molecule has 0 bridgehead atoms. The largest absolute Gasteiger partial charge is 0.392 e. The molecule has 1 N–H and O–H groups in total. The molecule has 0 spiro atoms. The number of hydrogen-bond acceptors (Lipinski definition) is 1. The summed E-state index contributed by atoms with van der Waals surface area (Å²) in [7, 11) is 0. The first-order valence-corrected chi connectivity index (χ1v) is 4.38. The van der Waals surface area contributed by atoms with Crippen LogP contribution >= 0.6 is 27.5 Å². The van der Waals surface area contributed by atoms with E-state index in [1.807, 2.05) is 13.0 Å². The molecule has 11 heavy (non-hydrogen) atoms.